The van der Waals surface area contributed by atoms with E-state index in [0.717, 1.165) is 27.6 Å². The van der Waals surface area contributed by atoms with Gasteiger partial charge >= 0.3 is 12.3 Å². The topological polar surface area (TPSA) is 45.3 Å². The third-order valence-corrected chi connectivity index (χ3v) is 4.09. The molecule has 1 aromatic carbocycles. The van der Waals surface area contributed by atoms with Gasteiger partial charge in [0, 0.05) is 35.8 Å². The summed E-state index contributed by atoms with van der Waals surface area (Å²) in [5.41, 5.74) is 4.34. The molecule has 1 amide bonds. The molecular formula is C17H17F3N2O2. The molecule has 24 heavy (non-hydrogen) atoms. The van der Waals surface area contributed by atoms with Crippen LogP contribution >= 0.6 is 0 Å². The number of hydrogen-bond donors (Lipinski definition) is 1. The van der Waals surface area contributed by atoms with Gasteiger partial charge in [0.1, 0.15) is 0 Å². The van der Waals surface area contributed by atoms with Crippen LogP contribution in [0.1, 0.15) is 17.5 Å². The second kappa shape index (κ2) is 6.22. The minimum Gasteiger partial charge on any atom is -0.440 e. The lowest BCUT2D eigenvalue weighted by Crippen LogP contribution is -2.36. The molecular weight excluding hydrogens is 321 g/mol. The minimum absolute atomic E-state index is 0.241. The zero-order chi connectivity index (χ0) is 17.3. The molecule has 1 aromatic heterocycles. The van der Waals surface area contributed by atoms with Gasteiger partial charge in [-0.05, 0) is 30.5 Å². The summed E-state index contributed by atoms with van der Waals surface area (Å²) in [7, 11) is 0. The molecule has 128 valence electrons. The molecule has 0 atom stereocenters. The number of ether oxygens (including phenoxy) is 1. The molecule has 2 aromatic rings. The molecule has 0 aliphatic carbocycles. The molecule has 0 radical (unpaired) electrons. The van der Waals surface area contributed by atoms with Crippen LogP contribution in [0, 0.1) is 6.92 Å². The van der Waals surface area contributed by atoms with Crippen molar-refractivity contribution in [3.63, 3.8) is 0 Å². The normalized spacial score (nSPS) is 15.5. The molecule has 4 nitrogen and oxygen atoms in total. The van der Waals surface area contributed by atoms with Gasteiger partial charge in [0.15, 0.2) is 6.61 Å². The Morgan fingerprint density at radius 1 is 1.38 bits per heavy atom. The van der Waals surface area contributed by atoms with Gasteiger partial charge in [-0.25, -0.2) is 4.79 Å². The fourth-order valence-corrected chi connectivity index (χ4v) is 2.94. The van der Waals surface area contributed by atoms with Gasteiger partial charge in [-0.2, -0.15) is 13.2 Å². The molecule has 3 rings (SSSR count). The fraction of sp³-hybridized carbons (Fsp3) is 0.353. The van der Waals surface area contributed by atoms with E-state index in [1.807, 2.05) is 37.4 Å². The van der Waals surface area contributed by atoms with Crippen molar-refractivity contribution in [1.82, 2.24) is 9.88 Å². The zero-order valence-electron chi connectivity index (χ0n) is 13.1. The smallest absolute Gasteiger partial charge is 0.422 e. The Bertz CT molecular complexity index is 793. The third-order valence-electron chi connectivity index (χ3n) is 4.09. The Kier molecular flexibility index (Phi) is 4.26. The van der Waals surface area contributed by atoms with Gasteiger partial charge in [-0.3, -0.25) is 0 Å². The number of hydrogen-bond acceptors (Lipinski definition) is 2. The number of carbonyl (C=O) groups excluding carboxylic acids is 1. The first-order valence-electron chi connectivity index (χ1n) is 7.60. The van der Waals surface area contributed by atoms with E-state index in [4.69, 9.17) is 0 Å². The number of nitrogens with zero attached hydrogens (tertiary/aromatic N) is 1. The van der Waals surface area contributed by atoms with Crippen molar-refractivity contribution in [2.75, 3.05) is 19.7 Å². The average Bonchev–Trinajstić information content (AvgIpc) is 2.97. The van der Waals surface area contributed by atoms with Crippen LogP contribution < -0.4 is 0 Å². The van der Waals surface area contributed by atoms with Crippen LogP contribution in [0.15, 0.2) is 30.5 Å². The fourth-order valence-electron chi connectivity index (χ4n) is 2.94. The monoisotopic (exact) mass is 338 g/mol. The number of alkyl halides is 3. The third kappa shape index (κ3) is 3.39. The first-order valence-corrected chi connectivity index (χ1v) is 7.60. The predicted molar refractivity (Wildman–Crippen MR) is 84.6 cm³/mol. The maximum absolute atomic E-state index is 12.1. The first-order chi connectivity index (χ1) is 11.3. The van der Waals surface area contributed by atoms with E-state index in [1.54, 1.807) is 0 Å². The first kappa shape index (κ1) is 16.4. The molecule has 7 heteroatoms. The molecule has 0 saturated carbocycles. The Labute approximate surface area is 136 Å². The molecule has 2 heterocycles. The molecule has 0 fully saturated rings. The van der Waals surface area contributed by atoms with E-state index >= 15 is 0 Å². The quantitative estimate of drug-likeness (QED) is 0.889. The lowest BCUT2D eigenvalue weighted by molar-refractivity contribution is -0.162. The number of aromatic nitrogens is 1. The second-order valence-corrected chi connectivity index (χ2v) is 5.79. The van der Waals surface area contributed by atoms with E-state index in [1.165, 1.54) is 4.90 Å². The second-order valence-electron chi connectivity index (χ2n) is 5.79. The highest BCUT2D eigenvalue weighted by Crippen LogP contribution is 2.31. The summed E-state index contributed by atoms with van der Waals surface area (Å²) in [5.74, 6) is 0. The molecule has 0 unspecified atom stereocenters. The summed E-state index contributed by atoms with van der Waals surface area (Å²) in [6, 6.07) is 6.01. The molecule has 1 aliphatic rings. The molecule has 0 saturated heterocycles. The number of rotatable bonds is 2. The van der Waals surface area contributed by atoms with Crippen LogP contribution in [0.25, 0.3) is 16.5 Å². The number of carbonyl (C=O) groups is 1. The van der Waals surface area contributed by atoms with E-state index in [0.29, 0.717) is 13.0 Å². The summed E-state index contributed by atoms with van der Waals surface area (Å²) in [4.78, 5) is 16.2. The number of H-pyrrole nitrogens is 1. The van der Waals surface area contributed by atoms with Crippen molar-refractivity contribution >= 4 is 22.6 Å². The number of amides is 1. The van der Waals surface area contributed by atoms with Crippen molar-refractivity contribution in [1.29, 1.82) is 0 Å². The SMILES string of the molecule is Cc1cccc2[nH]cc(C3=CCN(C(=O)OCC(F)(F)F)CC3)c12. The van der Waals surface area contributed by atoms with E-state index in [9.17, 15) is 18.0 Å². The summed E-state index contributed by atoms with van der Waals surface area (Å²) < 4.78 is 40.6. The minimum atomic E-state index is -4.51. The number of aryl methyl sites for hydroxylation is 1. The number of fused-ring (bicyclic) bond motifs is 1. The van der Waals surface area contributed by atoms with Crippen LogP contribution in [0.4, 0.5) is 18.0 Å². The van der Waals surface area contributed by atoms with Crippen LogP contribution in [0.3, 0.4) is 0 Å². The largest absolute Gasteiger partial charge is 0.440 e. The van der Waals surface area contributed by atoms with E-state index in [2.05, 4.69) is 9.72 Å². The van der Waals surface area contributed by atoms with Gasteiger partial charge in [-0.15, -0.1) is 0 Å². The predicted octanol–water partition coefficient (Wildman–Crippen LogP) is 4.26. The van der Waals surface area contributed by atoms with Crippen LogP contribution in [0.2, 0.25) is 0 Å². The van der Waals surface area contributed by atoms with E-state index < -0.39 is 18.9 Å². The van der Waals surface area contributed by atoms with Crippen molar-refractivity contribution in [2.24, 2.45) is 0 Å². The summed E-state index contributed by atoms with van der Waals surface area (Å²) in [5, 5.41) is 1.14. The van der Waals surface area contributed by atoms with Crippen molar-refractivity contribution in [3.8, 4) is 0 Å². The maximum Gasteiger partial charge on any atom is 0.422 e. The summed E-state index contributed by atoms with van der Waals surface area (Å²) in [6.07, 6.45) is -1.07. The van der Waals surface area contributed by atoms with E-state index in [-0.39, 0.29) is 6.54 Å². The summed E-state index contributed by atoms with van der Waals surface area (Å²) >= 11 is 0. The van der Waals surface area contributed by atoms with Gasteiger partial charge in [-0.1, -0.05) is 18.2 Å². The number of nitrogens with one attached hydrogen (secondary N) is 1. The van der Waals surface area contributed by atoms with Gasteiger partial charge in [0.2, 0.25) is 0 Å². The Balaban J connectivity index is 1.72. The maximum atomic E-state index is 12.1. The molecule has 1 aliphatic heterocycles. The highest BCUT2D eigenvalue weighted by atomic mass is 19.4. The lowest BCUT2D eigenvalue weighted by atomic mass is 9.97. The van der Waals surface area contributed by atoms with Crippen LogP contribution in [-0.4, -0.2) is 41.8 Å². The van der Waals surface area contributed by atoms with Crippen LogP contribution in [0.5, 0.6) is 0 Å². The molecule has 1 N–H and O–H groups in total. The lowest BCUT2D eigenvalue weighted by Gasteiger charge is -2.26. The van der Waals surface area contributed by atoms with Gasteiger partial charge in [0.05, 0.1) is 0 Å². The zero-order valence-corrected chi connectivity index (χ0v) is 13.1. The van der Waals surface area contributed by atoms with Crippen molar-refractivity contribution < 1.29 is 22.7 Å². The molecule has 0 spiro atoms. The number of benzene rings is 1. The molecule has 0 bridgehead atoms. The Morgan fingerprint density at radius 3 is 2.83 bits per heavy atom. The van der Waals surface area contributed by atoms with Gasteiger partial charge in [0.25, 0.3) is 0 Å². The van der Waals surface area contributed by atoms with Crippen molar-refractivity contribution in [3.05, 3.63) is 41.6 Å². The highest BCUT2D eigenvalue weighted by molar-refractivity contribution is 5.95. The Hall–Kier alpha value is -2.44. The van der Waals surface area contributed by atoms with Crippen LogP contribution in [-0.2, 0) is 4.74 Å². The number of aromatic amines is 1. The van der Waals surface area contributed by atoms with Crippen molar-refractivity contribution in [2.45, 2.75) is 19.5 Å². The standard InChI is InChI=1S/C17H17F3N2O2/c1-11-3-2-4-14-15(11)13(9-21-14)12-5-7-22(8-6-12)16(23)24-10-17(18,19)20/h2-5,9,21H,6-8,10H2,1H3. The highest BCUT2D eigenvalue weighted by Gasteiger charge is 2.31. The summed E-state index contributed by atoms with van der Waals surface area (Å²) in [6.45, 7) is 1.05. The Morgan fingerprint density at radius 2 is 2.17 bits per heavy atom. The number of halogens is 3. The van der Waals surface area contributed by atoms with Gasteiger partial charge < -0.3 is 14.6 Å². The average molecular weight is 338 g/mol.